The number of hydrogen-bond donors (Lipinski definition) is 2. The molecule has 1 unspecified atom stereocenters. The first-order chi connectivity index (χ1) is 10.9. The van der Waals surface area contributed by atoms with E-state index < -0.39 is 12.0 Å². The van der Waals surface area contributed by atoms with E-state index in [1.165, 1.54) is 7.11 Å². The molecule has 7 heteroatoms. The Morgan fingerprint density at radius 2 is 2.17 bits per heavy atom. The van der Waals surface area contributed by atoms with Crippen LogP contribution in [0.5, 0.6) is 0 Å². The van der Waals surface area contributed by atoms with Gasteiger partial charge >= 0.3 is 5.97 Å². The van der Waals surface area contributed by atoms with Crippen molar-refractivity contribution >= 4 is 11.9 Å². The number of aromatic nitrogens is 2. The zero-order chi connectivity index (χ0) is 17.0. The van der Waals surface area contributed by atoms with Gasteiger partial charge in [0.1, 0.15) is 6.04 Å². The Labute approximate surface area is 136 Å². The molecule has 0 radical (unpaired) electrons. The average molecular weight is 323 g/mol. The Balaban J connectivity index is 2.15. The number of rotatable bonds is 9. The molecule has 0 aliphatic heterocycles. The maximum atomic E-state index is 12.5. The van der Waals surface area contributed by atoms with E-state index in [9.17, 15) is 14.7 Å². The molecule has 1 aliphatic rings. The predicted octanol–water partition coefficient (Wildman–Crippen LogP) is 1.64. The largest absolute Gasteiger partial charge is 0.480 e. The lowest BCUT2D eigenvalue weighted by Crippen LogP contribution is -2.41. The maximum Gasteiger partial charge on any atom is 0.326 e. The SMILES string of the molecule is COCCC(NC(=O)c1cnn(CC(C)C)c1C1CC1)C(=O)O. The molecule has 0 spiro atoms. The smallest absolute Gasteiger partial charge is 0.326 e. The van der Waals surface area contributed by atoms with Gasteiger partial charge in [0.25, 0.3) is 5.91 Å². The van der Waals surface area contributed by atoms with Gasteiger partial charge in [-0.15, -0.1) is 0 Å². The highest BCUT2D eigenvalue weighted by molar-refractivity contribution is 5.97. The molecule has 2 N–H and O–H groups in total. The van der Waals surface area contributed by atoms with E-state index in [4.69, 9.17) is 4.74 Å². The second-order valence-electron chi connectivity index (χ2n) is 6.44. The van der Waals surface area contributed by atoms with Crippen molar-refractivity contribution in [1.29, 1.82) is 0 Å². The highest BCUT2D eigenvalue weighted by atomic mass is 16.5. The molecule has 7 nitrogen and oxygen atoms in total. The van der Waals surface area contributed by atoms with Gasteiger partial charge in [-0.25, -0.2) is 4.79 Å². The van der Waals surface area contributed by atoms with Gasteiger partial charge < -0.3 is 15.2 Å². The van der Waals surface area contributed by atoms with Crippen LogP contribution in [0.25, 0.3) is 0 Å². The lowest BCUT2D eigenvalue weighted by Gasteiger charge is -2.15. The van der Waals surface area contributed by atoms with Crippen molar-refractivity contribution in [2.75, 3.05) is 13.7 Å². The third kappa shape index (κ3) is 4.54. The number of ether oxygens (including phenoxy) is 1. The number of hydrogen-bond acceptors (Lipinski definition) is 4. The summed E-state index contributed by atoms with van der Waals surface area (Å²) in [5.74, 6) is -0.639. The molecule has 2 rings (SSSR count). The number of carboxylic acid groups (broad SMARTS) is 1. The van der Waals surface area contributed by atoms with E-state index in [0.29, 0.717) is 17.4 Å². The van der Waals surface area contributed by atoms with Gasteiger partial charge in [0.2, 0.25) is 0 Å². The van der Waals surface area contributed by atoms with Crippen LogP contribution in [0.4, 0.5) is 0 Å². The standard InChI is InChI=1S/C16H25N3O4/c1-10(2)9-19-14(11-4-5-11)12(8-17-19)15(20)18-13(16(21)22)6-7-23-3/h8,10-11,13H,4-7,9H2,1-3H3,(H,18,20)(H,21,22). The summed E-state index contributed by atoms with van der Waals surface area (Å²) < 4.78 is 6.79. The Bertz CT molecular complexity index is 564. The molecule has 1 aliphatic carbocycles. The lowest BCUT2D eigenvalue weighted by atomic mass is 10.1. The van der Waals surface area contributed by atoms with Crippen LogP contribution in [-0.4, -0.2) is 46.5 Å². The molecule has 1 aromatic rings. The number of nitrogens with zero attached hydrogens (tertiary/aromatic N) is 2. The Kier molecular flexibility index (Phi) is 5.76. The van der Waals surface area contributed by atoms with Crippen molar-refractivity contribution in [3.63, 3.8) is 0 Å². The van der Waals surface area contributed by atoms with Gasteiger partial charge in [-0.2, -0.15) is 5.10 Å². The molecule has 1 fully saturated rings. The van der Waals surface area contributed by atoms with E-state index >= 15 is 0 Å². The minimum absolute atomic E-state index is 0.233. The van der Waals surface area contributed by atoms with Crippen LogP contribution >= 0.6 is 0 Å². The fourth-order valence-electron chi connectivity index (χ4n) is 2.58. The normalized spacial score (nSPS) is 15.7. The van der Waals surface area contributed by atoms with Gasteiger partial charge in [-0.05, 0) is 18.8 Å². The number of carbonyl (C=O) groups is 2. The summed E-state index contributed by atoms with van der Waals surface area (Å²) in [5, 5.41) is 16.1. The lowest BCUT2D eigenvalue weighted by molar-refractivity contribution is -0.139. The summed E-state index contributed by atoms with van der Waals surface area (Å²) in [4.78, 5) is 23.8. The Hall–Kier alpha value is -1.89. The van der Waals surface area contributed by atoms with E-state index in [1.54, 1.807) is 6.20 Å². The predicted molar refractivity (Wildman–Crippen MR) is 84.4 cm³/mol. The molecule has 0 aromatic carbocycles. The third-order valence-electron chi connectivity index (χ3n) is 3.84. The molecule has 0 bridgehead atoms. The average Bonchev–Trinajstić information content (AvgIpc) is 3.23. The highest BCUT2D eigenvalue weighted by Crippen LogP contribution is 2.41. The molecular weight excluding hydrogens is 298 g/mol. The van der Waals surface area contributed by atoms with Crippen LogP contribution in [0.1, 0.15) is 55.1 Å². The van der Waals surface area contributed by atoms with Crippen LogP contribution in [0.15, 0.2) is 6.20 Å². The summed E-state index contributed by atoms with van der Waals surface area (Å²) in [5.41, 5.74) is 1.43. The van der Waals surface area contributed by atoms with E-state index in [2.05, 4.69) is 24.3 Å². The molecule has 1 saturated carbocycles. The minimum atomic E-state index is -1.06. The summed E-state index contributed by atoms with van der Waals surface area (Å²) in [7, 11) is 1.50. The quantitative estimate of drug-likeness (QED) is 0.720. The molecule has 0 saturated heterocycles. The van der Waals surface area contributed by atoms with E-state index in [-0.39, 0.29) is 18.9 Å². The first-order valence-electron chi connectivity index (χ1n) is 8.02. The van der Waals surface area contributed by atoms with Gasteiger partial charge in [0.05, 0.1) is 17.5 Å². The summed E-state index contributed by atoms with van der Waals surface area (Å²) in [6.45, 7) is 5.23. The molecular formula is C16H25N3O4. The van der Waals surface area contributed by atoms with E-state index in [0.717, 1.165) is 25.1 Å². The number of carbonyl (C=O) groups excluding carboxylic acids is 1. The number of nitrogens with one attached hydrogen (secondary N) is 1. The van der Waals surface area contributed by atoms with Crippen LogP contribution < -0.4 is 5.32 Å². The number of amides is 1. The number of carboxylic acids is 1. The Morgan fingerprint density at radius 3 is 2.70 bits per heavy atom. The summed E-state index contributed by atoms with van der Waals surface area (Å²) >= 11 is 0. The topological polar surface area (TPSA) is 93.5 Å². The second kappa shape index (κ2) is 7.59. The van der Waals surface area contributed by atoms with Crippen LogP contribution in [0.3, 0.4) is 0 Å². The highest BCUT2D eigenvalue weighted by Gasteiger charge is 2.33. The zero-order valence-corrected chi connectivity index (χ0v) is 13.9. The molecule has 128 valence electrons. The number of aliphatic carboxylic acids is 1. The second-order valence-corrected chi connectivity index (χ2v) is 6.44. The van der Waals surface area contributed by atoms with Crippen molar-refractivity contribution in [1.82, 2.24) is 15.1 Å². The minimum Gasteiger partial charge on any atom is -0.480 e. The van der Waals surface area contributed by atoms with Gasteiger partial charge in [0.15, 0.2) is 0 Å². The monoisotopic (exact) mass is 323 g/mol. The van der Waals surface area contributed by atoms with Crippen LogP contribution in [0.2, 0.25) is 0 Å². The van der Waals surface area contributed by atoms with Crippen molar-refractivity contribution in [3.8, 4) is 0 Å². The fraction of sp³-hybridized carbons (Fsp3) is 0.688. The van der Waals surface area contributed by atoms with Crippen LogP contribution in [0, 0.1) is 5.92 Å². The first-order valence-corrected chi connectivity index (χ1v) is 8.02. The van der Waals surface area contributed by atoms with Gasteiger partial charge in [-0.3, -0.25) is 9.48 Å². The molecule has 23 heavy (non-hydrogen) atoms. The summed E-state index contributed by atoms with van der Waals surface area (Å²) in [6, 6.07) is -0.956. The molecule has 1 heterocycles. The first kappa shape index (κ1) is 17.5. The molecule has 1 aromatic heterocycles. The third-order valence-corrected chi connectivity index (χ3v) is 3.84. The van der Waals surface area contributed by atoms with Crippen LogP contribution in [-0.2, 0) is 16.1 Å². The van der Waals surface area contributed by atoms with Gasteiger partial charge in [0, 0.05) is 32.6 Å². The van der Waals surface area contributed by atoms with E-state index in [1.807, 2.05) is 4.68 Å². The number of methoxy groups -OCH3 is 1. The zero-order valence-electron chi connectivity index (χ0n) is 13.9. The van der Waals surface area contributed by atoms with Gasteiger partial charge in [-0.1, -0.05) is 13.8 Å². The molecule has 1 amide bonds. The Morgan fingerprint density at radius 1 is 1.48 bits per heavy atom. The fourth-order valence-corrected chi connectivity index (χ4v) is 2.58. The van der Waals surface area contributed by atoms with Crippen molar-refractivity contribution in [2.45, 2.75) is 51.6 Å². The van der Waals surface area contributed by atoms with Crippen molar-refractivity contribution < 1.29 is 19.4 Å². The maximum absolute atomic E-state index is 12.5. The van der Waals surface area contributed by atoms with Crippen molar-refractivity contribution in [2.24, 2.45) is 5.92 Å². The summed E-state index contributed by atoms with van der Waals surface area (Å²) in [6.07, 6.45) is 3.89. The van der Waals surface area contributed by atoms with Crippen molar-refractivity contribution in [3.05, 3.63) is 17.5 Å². The molecule has 1 atom stereocenters.